The summed E-state index contributed by atoms with van der Waals surface area (Å²) in [6.45, 7) is 3.11. The number of amides is 2. The number of benzene rings is 1. The van der Waals surface area contributed by atoms with Crippen LogP contribution in [0.2, 0.25) is 0 Å². The fourth-order valence-corrected chi connectivity index (χ4v) is 4.91. The van der Waals surface area contributed by atoms with Crippen LogP contribution in [0.25, 0.3) is 11.0 Å². The molecular weight excluding hydrogens is 388 g/mol. The van der Waals surface area contributed by atoms with Crippen molar-refractivity contribution >= 4 is 23.0 Å². The second kappa shape index (κ2) is 6.75. The lowest BCUT2D eigenvalue weighted by atomic mass is 10.0. The lowest BCUT2D eigenvalue weighted by molar-refractivity contribution is -0.133. The highest BCUT2D eigenvalue weighted by molar-refractivity contribution is 5.86. The third-order valence-electron chi connectivity index (χ3n) is 6.50. The molecule has 0 N–H and O–H groups in total. The van der Waals surface area contributed by atoms with Crippen LogP contribution in [-0.4, -0.2) is 60.7 Å². The Kier molecular flexibility index (Phi) is 4.27. The Morgan fingerprint density at radius 1 is 1.20 bits per heavy atom. The topological polar surface area (TPSA) is 89.3 Å². The molecule has 1 aliphatic carbocycles. The van der Waals surface area contributed by atoms with E-state index in [4.69, 9.17) is 13.9 Å². The number of hydrogen-bond donors (Lipinski definition) is 0. The molecule has 1 aromatic carbocycles. The number of aryl methyl sites for hydroxylation is 2. The van der Waals surface area contributed by atoms with E-state index in [1.165, 1.54) is 4.90 Å². The van der Waals surface area contributed by atoms with Gasteiger partial charge in [-0.2, -0.15) is 0 Å². The number of likely N-dealkylation sites (N-methyl/N-ethyl adjacent to an activating group) is 1. The number of fused-ring (bicyclic) bond motifs is 3. The summed E-state index contributed by atoms with van der Waals surface area (Å²) in [4.78, 5) is 39.9. The van der Waals surface area contributed by atoms with Gasteiger partial charge in [0.15, 0.2) is 12.2 Å². The minimum atomic E-state index is -0.607. The lowest BCUT2D eigenvalue weighted by Gasteiger charge is -2.22. The van der Waals surface area contributed by atoms with E-state index >= 15 is 0 Å². The molecule has 2 fully saturated rings. The maximum atomic E-state index is 12.7. The Bertz CT molecular complexity index is 1120. The predicted octanol–water partition coefficient (Wildman–Crippen LogP) is 2.02. The van der Waals surface area contributed by atoms with Crippen LogP contribution in [0, 0.1) is 6.92 Å². The molecule has 30 heavy (non-hydrogen) atoms. The van der Waals surface area contributed by atoms with Crippen molar-refractivity contribution in [3.05, 3.63) is 39.2 Å². The molecule has 158 valence electrons. The molecule has 2 aromatic rings. The molecule has 5 rings (SSSR count). The van der Waals surface area contributed by atoms with Crippen molar-refractivity contribution in [2.75, 3.05) is 33.3 Å². The Balaban J connectivity index is 1.30. The van der Waals surface area contributed by atoms with Crippen LogP contribution in [0.3, 0.4) is 0 Å². The summed E-state index contributed by atoms with van der Waals surface area (Å²) in [7, 11) is 1.70. The molecule has 0 saturated carbocycles. The van der Waals surface area contributed by atoms with Gasteiger partial charge in [-0.25, -0.2) is 9.59 Å². The van der Waals surface area contributed by atoms with Gasteiger partial charge in [0.2, 0.25) is 0 Å². The maximum Gasteiger partial charge on any atom is 0.410 e. The van der Waals surface area contributed by atoms with E-state index in [0.717, 1.165) is 41.3 Å². The number of ether oxygens (including phenoxy) is 2. The van der Waals surface area contributed by atoms with Crippen LogP contribution in [0.5, 0.6) is 5.75 Å². The lowest BCUT2D eigenvalue weighted by Crippen LogP contribution is -2.40. The van der Waals surface area contributed by atoms with Crippen molar-refractivity contribution in [2.45, 2.75) is 38.2 Å². The molecule has 0 bridgehead atoms. The zero-order valence-corrected chi connectivity index (χ0v) is 17.2. The summed E-state index contributed by atoms with van der Waals surface area (Å²) >= 11 is 0. The smallest absolute Gasteiger partial charge is 0.410 e. The summed E-state index contributed by atoms with van der Waals surface area (Å²) in [6.07, 6.45) is 2.89. The summed E-state index contributed by atoms with van der Waals surface area (Å²) < 4.78 is 16.9. The van der Waals surface area contributed by atoms with Crippen LogP contribution in [0.15, 0.2) is 21.3 Å². The zero-order valence-electron chi connectivity index (χ0n) is 17.2. The van der Waals surface area contributed by atoms with E-state index in [1.54, 1.807) is 11.9 Å². The van der Waals surface area contributed by atoms with Crippen LogP contribution in [0.1, 0.15) is 29.5 Å². The average molecular weight is 412 g/mol. The number of nitrogens with zero attached hydrogens (tertiary/aromatic N) is 2. The molecule has 1 unspecified atom stereocenters. The van der Waals surface area contributed by atoms with Crippen molar-refractivity contribution in [1.82, 2.24) is 9.80 Å². The minimum absolute atomic E-state index is 0.124. The Morgan fingerprint density at radius 2 is 2.00 bits per heavy atom. The van der Waals surface area contributed by atoms with Gasteiger partial charge in [-0.3, -0.25) is 4.79 Å². The van der Waals surface area contributed by atoms with Crippen LogP contribution < -0.4 is 10.4 Å². The third-order valence-corrected chi connectivity index (χ3v) is 6.50. The first kappa shape index (κ1) is 19.0. The largest absolute Gasteiger partial charge is 0.483 e. The quantitative estimate of drug-likeness (QED) is 0.717. The molecule has 2 saturated heterocycles. The molecule has 8 nitrogen and oxygen atoms in total. The first-order valence-corrected chi connectivity index (χ1v) is 10.3. The molecule has 2 aliphatic heterocycles. The number of rotatable bonds is 3. The third kappa shape index (κ3) is 2.93. The monoisotopic (exact) mass is 412 g/mol. The maximum absolute atomic E-state index is 12.7. The molecular formula is C22H24N2O6. The van der Waals surface area contributed by atoms with Gasteiger partial charge in [0.05, 0.1) is 13.1 Å². The predicted molar refractivity (Wildman–Crippen MR) is 108 cm³/mol. The molecule has 1 atom stereocenters. The summed E-state index contributed by atoms with van der Waals surface area (Å²) in [6, 6.07) is 3.75. The number of likely N-dealkylation sites (tertiary alicyclic amines) is 1. The zero-order chi connectivity index (χ0) is 21.0. The van der Waals surface area contributed by atoms with Gasteiger partial charge in [-0.15, -0.1) is 0 Å². The molecule has 8 heteroatoms. The van der Waals surface area contributed by atoms with Gasteiger partial charge in [0.25, 0.3) is 5.91 Å². The van der Waals surface area contributed by atoms with E-state index < -0.39 is 5.60 Å². The summed E-state index contributed by atoms with van der Waals surface area (Å²) in [5, 5.41) is 0.951. The van der Waals surface area contributed by atoms with Gasteiger partial charge in [0.1, 0.15) is 11.3 Å². The van der Waals surface area contributed by atoms with Crippen LogP contribution >= 0.6 is 0 Å². The van der Waals surface area contributed by atoms with Gasteiger partial charge in [-0.05, 0) is 43.9 Å². The fourth-order valence-electron chi connectivity index (χ4n) is 4.91. The second-order valence-corrected chi connectivity index (χ2v) is 8.53. The molecule has 1 aromatic heterocycles. The van der Waals surface area contributed by atoms with Crippen molar-refractivity contribution in [1.29, 1.82) is 0 Å². The summed E-state index contributed by atoms with van der Waals surface area (Å²) in [5.41, 5.74) is 2.23. The Labute approximate surface area is 173 Å². The average Bonchev–Trinajstić information content (AvgIpc) is 3.42. The van der Waals surface area contributed by atoms with Gasteiger partial charge in [0, 0.05) is 36.5 Å². The van der Waals surface area contributed by atoms with E-state index in [1.807, 2.05) is 19.1 Å². The fraction of sp³-hybridized carbons (Fsp3) is 0.500. The van der Waals surface area contributed by atoms with E-state index in [-0.39, 0.29) is 24.2 Å². The van der Waals surface area contributed by atoms with Gasteiger partial charge in [-0.1, -0.05) is 0 Å². The van der Waals surface area contributed by atoms with E-state index in [0.29, 0.717) is 37.4 Å². The van der Waals surface area contributed by atoms with Crippen molar-refractivity contribution < 1.29 is 23.5 Å². The van der Waals surface area contributed by atoms with Crippen LogP contribution in [-0.2, 0) is 22.4 Å². The Hall–Kier alpha value is -3.03. The van der Waals surface area contributed by atoms with E-state index in [2.05, 4.69) is 0 Å². The molecule has 3 aliphatic rings. The second-order valence-electron chi connectivity index (χ2n) is 8.53. The van der Waals surface area contributed by atoms with Gasteiger partial charge >= 0.3 is 11.7 Å². The normalized spacial score (nSPS) is 22.8. The molecule has 3 heterocycles. The highest BCUT2D eigenvalue weighted by Crippen LogP contribution is 2.34. The minimum Gasteiger partial charge on any atom is -0.483 e. The Morgan fingerprint density at radius 3 is 2.77 bits per heavy atom. The SMILES string of the molecule is Cc1c(OCC(=O)N2CCC3(CN(C)C(=O)O3)C2)ccc2c3c(c(=O)oc12)CCC3. The summed E-state index contributed by atoms with van der Waals surface area (Å²) in [5.74, 6) is 0.366. The molecule has 0 radical (unpaired) electrons. The van der Waals surface area contributed by atoms with Crippen molar-refractivity contribution in [3.8, 4) is 5.75 Å². The number of carbonyl (C=O) groups is 2. The standard InChI is InChI=1S/C22H24N2O6/c1-13-17(7-6-15-14-4-3-5-16(14)20(26)29-19(13)15)28-10-18(25)24-9-8-22(12-24)11-23(2)21(27)30-22/h6-7H,3-5,8-12H2,1-2H3. The first-order valence-electron chi connectivity index (χ1n) is 10.3. The molecule has 1 spiro atoms. The van der Waals surface area contributed by atoms with Crippen molar-refractivity contribution in [3.63, 3.8) is 0 Å². The highest BCUT2D eigenvalue weighted by Gasteiger charge is 2.49. The van der Waals surface area contributed by atoms with Gasteiger partial charge < -0.3 is 23.7 Å². The van der Waals surface area contributed by atoms with E-state index in [9.17, 15) is 14.4 Å². The number of carbonyl (C=O) groups excluding carboxylic acids is 2. The van der Waals surface area contributed by atoms with Crippen molar-refractivity contribution in [2.24, 2.45) is 0 Å². The highest BCUT2D eigenvalue weighted by atomic mass is 16.6. The number of hydrogen-bond acceptors (Lipinski definition) is 6. The molecule has 2 amide bonds. The van der Waals surface area contributed by atoms with Crippen LogP contribution in [0.4, 0.5) is 4.79 Å². The first-order chi connectivity index (χ1) is 14.4.